The van der Waals surface area contributed by atoms with Crippen molar-refractivity contribution in [2.45, 2.75) is 25.8 Å². The Hall–Kier alpha value is -0.670. The highest BCUT2D eigenvalue weighted by atomic mass is 32.2. The van der Waals surface area contributed by atoms with Gasteiger partial charge in [0.25, 0.3) is 0 Å². The normalized spacial score (nSPS) is 19.2. The Balaban J connectivity index is 1.97. The molecule has 0 spiro atoms. The maximum Gasteiger partial charge on any atom is 0.0399 e. The van der Waals surface area contributed by atoms with Gasteiger partial charge < -0.3 is 10.6 Å². The molecule has 1 atom stereocenters. The zero-order valence-electron chi connectivity index (χ0n) is 10.6. The molecule has 0 aromatic heterocycles. The van der Waals surface area contributed by atoms with Gasteiger partial charge in [-0.25, -0.2) is 0 Å². The number of nitrogens with two attached hydrogens (primary N) is 1. The number of nitrogens with zero attached hydrogens (tertiary/aromatic N) is 1. The summed E-state index contributed by atoms with van der Waals surface area (Å²) in [6.07, 6.45) is 2.27. The molecule has 0 fully saturated rings. The minimum atomic E-state index is 0.295. The Kier molecular flexibility index (Phi) is 4.75. The van der Waals surface area contributed by atoms with Crippen molar-refractivity contribution in [1.29, 1.82) is 0 Å². The summed E-state index contributed by atoms with van der Waals surface area (Å²) >= 11 is 2.02. The van der Waals surface area contributed by atoms with Crippen LogP contribution in [0.3, 0.4) is 0 Å². The molecule has 0 bridgehead atoms. The number of hydrogen-bond donors (Lipinski definition) is 1. The fourth-order valence-electron chi connectivity index (χ4n) is 2.43. The van der Waals surface area contributed by atoms with E-state index >= 15 is 0 Å². The maximum atomic E-state index is 6.12. The van der Waals surface area contributed by atoms with E-state index in [4.69, 9.17) is 5.73 Å². The Labute approximate surface area is 109 Å². The summed E-state index contributed by atoms with van der Waals surface area (Å²) in [7, 11) is 0. The molecule has 2 nitrogen and oxygen atoms in total. The molecule has 1 aromatic rings. The third-order valence-corrected chi connectivity index (χ3v) is 4.18. The molecular formula is C14H22N2S. The first-order valence-electron chi connectivity index (χ1n) is 6.47. The molecular weight excluding hydrogens is 228 g/mol. The number of rotatable bonds is 5. The SMILES string of the molecule is CCSCCCN1CC(N)Cc2ccccc21. The molecule has 94 valence electrons. The monoisotopic (exact) mass is 250 g/mol. The van der Waals surface area contributed by atoms with Gasteiger partial charge in [0.1, 0.15) is 0 Å². The summed E-state index contributed by atoms with van der Waals surface area (Å²) in [6.45, 7) is 4.36. The average Bonchev–Trinajstić information content (AvgIpc) is 2.34. The van der Waals surface area contributed by atoms with E-state index in [9.17, 15) is 0 Å². The van der Waals surface area contributed by atoms with Gasteiger partial charge in [-0.05, 0) is 36.0 Å². The van der Waals surface area contributed by atoms with E-state index in [1.165, 1.54) is 29.2 Å². The standard InChI is InChI=1S/C14H22N2S/c1-2-17-9-5-8-16-11-13(15)10-12-6-3-4-7-14(12)16/h3-4,6-7,13H,2,5,8-11,15H2,1H3. The van der Waals surface area contributed by atoms with Crippen LogP contribution >= 0.6 is 11.8 Å². The lowest BCUT2D eigenvalue weighted by atomic mass is 9.98. The van der Waals surface area contributed by atoms with Gasteiger partial charge in [0, 0.05) is 24.8 Å². The van der Waals surface area contributed by atoms with Gasteiger partial charge >= 0.3 is 0 Å². The summed E-state index contributed by atoms with van der Waals surface area (Å²) in [5.41, 5.74) is 8.93. The zero-order valence-corrected chi connectivity index (χ0v) is 11.4. The molecule has 1 heterocycles. The first kappa shape index (κ1) is 12.8. The smallest absolute Gasteiger partial charge is 0.0399 e. The second-order valence-electron chi connectivity index (χ2n) is 4.59. The second kappa shape index (κ2) is 6.31. The lowest BCUT2D eigenvalue weighted by Crippen LogP contribution is -2.43. The number of benzene rings is 1. The fourth-order valence-corrected chi connectivity index (χ4v) is 3.06. The predicted octanol–water partition coefficient (Wildman–Crippen LogP) is 2.52. The molecule has 0 amide bonds. The molecule has 1 aliphatic rings. The zero-order chi connectivity index (χ0) is 12.1. The molecule has 1 aliphatic heterocycles. The Morgan fingerprint density at radius 1 is 1.41 bits per heavy atom. The average molecular weight is 250 g/mol. The number of thioether (sulfide) groups is 1. The molecule has 0 saturated carbocycles. The topological polar surface area (TPSA) is 29.3 Å². The van der Waals surface area contributed by atoms with Crippen molar-refractivity contribution in [1.82, 2.24) is 0 Å². The molecule has 2 rings (SSSR count). The van der Waals surface area contributed by atoms with Crippen molar-refractivity contribution in [2.75, 3.05) is 29.5 Å². The second-order valence-corrected chi connectivity index (χ2v) is 5.98. The largest absolute Gasteiger partial charge is 0.370 e. The van der Waals surface area contributed by atoms with Crippen LogP contribution in [-0.2, 0) is 6.42 Å². The summed E-state index contributed by atoms with van der Waals surface area (Å²) in [6, 6.07) is 8.98. The third kappa shape index (κ3) is 3.39. The van der Waals surface area contributed by atoms with E-state index in [-0.39, 0.29) is 0 Å². The molecule has 0 radical (unpaired) electrons. The third-order valence-electron chi connectivity index (χ3n) is 3.19. The quantitative estimate of drug-likeness (QED) is 0.814. The molecule has 0 saturated heterocycles. The highest BCUT2D eigenvalue weighted by Gasteiger charge is 2.20. The number of para-hydroxylation sites is 1. The van der Waals surface area contributed by atoms with Gasteiger partial charge in [0.2, 0.25) is 0 Å². The van der Waals surface area contributed by atoms with Crippen molar-refractivity contribution >= 4 is 17.4 Å². The molecule has 17 heavy (non-hydrogen) atoms. The molecule has 2 N–H and O–H groups in total. The molecule has 3 heteroatoms. The van der Waals surface area contributed by atoms with Crippen molar-refractivity contribution in [3.8, 4) is 0 Å². The Bertz CT molecular complexity index is 354. The first-order valence-corrected chi connectivity index (χ1v) is 7.63. The van der Waals surface area contributed by atoms with Gasteiger partial charge in [-0.15, -0.1) is 0 Å². The fraction of sp³-hybridized carbons (Fsp3) is 0.571. The van der Waals surface area contributed by atoms with Crippen LogP contribution in [0.5, 0.6) is 0 Å². The molecule has 0 aliphatic carbocycles. The minimum absolute atomic E-state index is 0.295. The van der Waals surface area contributed by atoms with Crippen LogP contribution < -0.4 is 10.6 Å². The summed E-state index contributed by atoms with van der Waals surface area (Å²) in [5, 5.41) is 0. The summed E-state index contributed by atoms with van der Waals surface area (Å²) in [4.78, 5) is 2.46. The van der Waals surface area contributed by atoms with E-state index in [2.05, 4.69) is 36.1 Å². The van der Waals surface area contributed by atoms with Gasteiger partial charge in [-0.1, -0.05) is 25.1 Å². The minimum Gasteiger partial charge on any atom is -0.370 e. The maximum absolute atomic E-state index is 6.12. The number of hydrogen-bond acceptors (Lipinski definition) is 3. The summed E-state index contributed by atoms with van der Waals surface area (Å²) < 4.78 is 0. The van der Waals surface area contributed by atoms with Crippen molar-refractivity contribution in [3.63, 3.8) is 0 Å². The highest BCUT2D eigenvalue weighted by Crippen LogP contribution is 2.26. The Morgan fingerprint density at radius 2 is 2.24 bits per heavy atom. The van der Waals surface area contributed by atoms with Crippen LogP contribution in [0.25, 0.3) is 0 Å². The van der Waals surface area contributed by atoms with Gasteiger partial charge in [0.15, 0.2) is 0 Å². The van der Waals surface area contributed by atoms with Crippen LogP contribution in [0.2, 0.25) is 0 Å². The van der Waals surface area contributed by atoms with Crippen molar-refractivity contribution in [2.24, 2.45) is 5.73 Å². The van der Waals surface area contributed by atoms with Gasteiger partial charge in [0.05, 0.1) is 0 Å². The van der Waals surface area contributed by atoms with Gasteiger partial charge in [-0.2, -0.15) is 11.8 Å². The van der Waals surface area contributed by atoms with E-state index < -0.39 is 0 Å². The van der Waals surface area contributed by atoms with Gasteiger partial charge in [-0.3, -0.25) is 0 Å². The van der Waals surface area contributed by atoms with E-state index in [0.29, 0.717) is 6.04 Å². The van der Waals surface area contributed by atoms with Crippen molar-refractivity contribution < 1.29 is 0 Å². The van der Waals surface area contributed by atoms with Crippen LogP contribution in [0.1, 0.15) is 18.9 Å². The first-order chi connectivity index (χ1) is 8.31. The summed E-state index contributed by atoms with van der Waals surface area (Å²) in [5.74, 6) is 2.47. The van der Waals surface area contributed by atoms with E-state index in [1.54, 1.807) is 0 Å². The lowest BCUT2D eigenvalue weighted by molar-refractivity contribution is 0.597. The van der Waals surface area contributed by atoms with Crippen LogP contribution in [-0.4, -0.2) is 30.6 Å². The number of fused-ring (bicyclic) bond motifs is 1. The molecule has 1 unspecified atom stereocenters. The van der Waals surface area contributed by atoms with E-state index in [1.807, 2.05) is 11.8 Å². The van der Waals surface area contributed by atoms with E-state index in [0.717, 1.165) is 19.5 Å². The highest BCUT2D eigenvalue weighted by molar-refractivity contribution is 7.99. The van der Waals surface area contributed by atoms with Crippen LogP contribution in [0, 0.1) is 0 Å². The lowest BCUT2D eigenvalue weighted by Gasteiger charge is -2.34. The predicted molar refractivity (Wildman–Crippen MR) is 78.0 cm³/mol. The van der Waals surface area contributed by atoms with Crippen LogP contribution in [0.15, 0.2) is 24.3 Å². The molecule has 1 aromatic carbocycles. The van der Waals surface area contributed by atoms with Crippen LogP contribution in [0.4, 0.5) is 5.69 Å². The van der Waals surface area contributed by atoms with Crippen molar-refractivity contribution in [3.05, 3.63) is 29.8 Å². The Morgan fingerprint density at radius 3 is 3.06 bits per heavy atom. The number of anilines is 1.